The van der Waals surface area contributed by atoms with Crippen LogP contribution in [0.1, 0.15) is 19.0 Å². The van der Waals surface area contributed by atoms with E-state index >= 15 is 0 Å². The van der Waals surface area contributed by atoms with Gasteiger partial charge in [0.1, 0.15) is 15.7 Å². The van der Waals surface area contributed by atoms with Crippen molar-refractivity contribution in [2.75, 3.05) is 6.61 Å². The number of carbonyl (C=O) groups is 1. The summed E-state index contributed by atoms with van der Waals surface area (Å²) in [5, 5.41) is 2.10. The first kappa shape index (κ1) is 16.0. The van der Waals surface area contributed by atoms with Crippen LogP contribution in [-0.4, -0.2) is 22.5 Å². The quantitative estimate of drug-likeness (QED) is 0.614. The fourth-order valence-electron chi connectivity index (χ4n) is 2.63. The number of carbonyl (C=O) groups excluding carboxylic acids is 1. The Hall–Kier alpha value is -1.91. The van der Waals surface area contributed by atoms with E-state index < -0.39 is 5.41 Å². The van der Waals surface area contributed by atoms with Gasteiger partial charge in [0.25, 0.3) is 0 Å². The SMILES string of the molecule is CCOC(=O)[C@@]1(c2cc3cnc(Cl)cc3c(Cl)n2)C=CC=CC1. The lowest BCUT2D eigenvalue weighted by Crippen LogP contribution is -2.37. The number of nitrogens with zero attached hydrogens (tertiary/aromatic N) is 2. The summed E-state index contributed by atoms with van der Waals surface area (Å²) >= 11 is 12.2. The highest BCUT2D eigenvalue weighted by molar-refractivity contribution is 6.35. The molecule has 0 saturated heterocycles. The minimum Gasteiger partial charge on any atom is -0.465 e. The number of hydrogen-bond donors (Lipinski definition) is 0. The molecule has 1 atom stereocenters. The molecule has 2 heterocycles. The molecule has 0 N–H and O–H groups in total. The van der Waals surface area contributed by atoms with Crippen LogP contribution in [0.2, 0.25) is 10.3 Å². The zero-order valence-corrected chi connectivity index (χ0v) is 13.9. The molecule has 2 aromatic rings. The molecule has 118 valence electrons. The standard InChI is InChI=1S/C17H14Cl2N2O2/c1-2-23-16(22)17(6-4-3-5-7-17)13-8-11-10-20-14(18)9-12(11)15(19)21-13/h3-6,8-10H,2,7H2,1H3/t17-/m0/s1. The minimum atomic E-state index is -0.970. The fourth-order valence-corrected chi connectivity index (χ4v) is 3.05. The highest BCUT2D eigenvalue weighted by Gasteiger charge is 2.41. The molecule has 0 fully saturated rings. The van der Waals surface area contributed by atoms with E-state index in [0.29, 0.717) is 29.3 Å². The average molecular weight is 349 g/mol. The molecule has 0 amide bonds. The Kier molecular flexibility index (Phi) is 4.37. The predicted molar refractivity (Wildman–Crippen MR) is 90.8 cm³/mol. The van der Waals surface area contributed by atoms with E-state index in [-0.39, 0.29) is 11.1 Å². The van der Waals surface area contributed by atoms with Gasteiger partial charge >= 0.3 is 5.97 Å². The summed E-state index contributed by atoms with van der Waals surface area (Å²) in [4.78, 5) is 21.1. The van der Waals surface area contributed by atoms with Crippen LogP contribution < -0.4 is 0 Å². The van der Waals surface area contributed by atoms with E-state index in [1.165, 1.54) is 0 Å². The van der Waals surface area contributed by atoms with Crippen molar-refractivity contribution in [3.8, 4) is 0 Å². The summed E-state index contributed by atoms with van der Waals surface area (Å²) in [5.74, 6) is -0.342. The van der Waals surface area contributed by atoms with E-state index in [9.17, 15) is 4.79 Å². The Morgan fingerprint density at radius 2 is 2.17 bits per heavy atom. The van der Waals surface area contributed by atoms with Crippen molar-refractivity contribution < 1.29 is 9.53 Å². The van der Waals surface area contributed by atoms with Crippen LogP contribution in [0.15, 0.2) is 42.6 Å². The Morgan fingerprint density at radius 3 is 2.87 bits per heavy atom. The zero-order valence-electron chi connectivity index (χ0n) is 12.4. The Labute approximate surface area is 143 Å². The molecule has 1 aliphatic rings. The van der Waals surface area contributed by atoms with Gasteiger partial charge < -0.3 is 4.74 Å². The minimum absolute atomic E-state index is 0.286. The molecule has 0 aromatic carbocycles. The van der Waals surface area contributed by atoms with Gasteiger partial charge in [-0.25, -0.2) is 9.97 Å². The molecule has 4 nitrogen and oxygen atoms in total. The molecular formula is C17H14Cl2N2O2. The van der Waals surface area contributed by atoms with Crippen molar-refractivity contribution in [2.45, 2.75) is 18.8 Å². The van der Waals surface area contributed by atoms with Gasteiger partial charge in [0.05, 0.1) is 12.3 Å². The molecule has 6 heteroatoms. The highest BCUT2D eigenvalue weighted by atomic mass is 35.5. The van der Waals surface area contributed by atoms with Crippen molar-refractivity contribution in [3.63, 3.8) is 0 Å². The zero-order chi connectivity index (χ0) is 16.4. The molecule has 0 unspecified atom stereocenters. The lowest BCUT2D eigenvalue weighted by atomic mass is 9.78. The number of aromatic nitrogens is 2. The van der Waals surface area contributed by atoms with Gasteiger partial charge in [0, 0.05) is 17.0 Å². The summed E-state index contributed by atoms with van der Waals surface area (Å²) in [6.07, 6.45) is 9.52. The second-order valence-electron chi connectivity index (χ2n) is 5.21. The van der Waals surface area contributed by atoms with Gasteiger partial charge in [-0.3, -0.25) is 4.79 Å². The largest absolute Gasteiger partial charge is 0.465 e. The van der Waals surface area contributed by atoms with Crippen LogP contribution in [-0.2, 0) is 14.9 Å². The number of hydrogen-bond acceptors (Lipinski definition) is 4. The lowest BCUT2D eigenvalue weighted by molar-refractivity contribution is -0.148. The molecule has 0 spiro atoms. The molecule has 0 radical (unpaired) electrons. The third-order valence-electron chi connectivity index (χ3n) is 3.80. The maximum Gasteiger partial charge on any atom is 0.322 e. The van der Waals surface area contributed by atoms with Gasteiger partial charge in [-0.05, 0) is 25.5 Å². The maximum absolute atomic E-state index is 12.6. The van der Waals surface area contributed by atoms with Gasteiger partial charge in [-0.1, -0.05) is 47.5 Å². The second-order valence-corrected chi connectivity index (χ2v) is 5.95. The van der Waals surface area contributed by atoms with Crippen LogP contribution in [0, 0.1) is 0 Å². The van der Waals surface area contributed by atoms with Crippen LogP contribution in [0.4, 0.5) is 0 Å². The predicted octanol–water partition coefficient (Wildman–Crippen LogP) is 4.25. The first-order valence-electron chi connectivity index (χ1n) is 7.20. The number of fused-ring (bicyclic) bond motifs is 1. The smallest absolute Gasteiger partial charge is 0.322 e. The van der Waals surface area contributed by atoms with Crippen molar-refractivity contribution >= 4 is 39.9 Å². The van der Waals surface area contributed by atoms with E-state index in [1.807, 2.05) is 24.3 Å². The fraction of sp³-hybridized carbons (Fsp3) is 0.235. The number of esters is 1. The van der Waals surface area contributed by atoms with Crippen molar-refractivity contribution in [2.24, 2.45) is 0 Å². The van der Waals surface area contributed by atoms with Gasteiger partial charge in [-0.2, -0.15) is 0 Å². The maximum atomic E-state index is 12.6. The average Bonchev–Trinajstić information content (AvgIpc) is 2.56. The summed E-state index contributed by atoms with van der Waals surface area (Å²) in [5.41, 5.74) is -0.430. The number of allylic oxidation sites excluding steroid dienone is 3. The number of rotatable bonds is 3. The summed E-state index contributed by atoms with van der Waals surface area (Å²) in [7, 11) is 0. The van der Waals surface area contributed by atoms with Crippen molar-refractivity contribution in [3.05, 3.63) is 58.6 Å². The molecule has 0 bridgehead atoms. The molecule has 2 aromatic heterocycles. The van der Waals surface area contributed by atoms with Gasteiger partial charge in [0.15, 0.2) is 0 Å². The molecular weight excluding hydrogens is 335 g/mol. The molecule has 23 heavy (non-hydrogen) atoms. The first-order valence-corrected chi connectivity index (χ1v) is 7.96. The van der Waals surface area contributed by atoms with Gasteiger partial charge in [-0.15, -0.1) is 0 Å². The number of halogens is 2. The molecule has 0 saturated carbocycles. The monoisotopic (exact) mass is 348 g/mol. The molecule has 0 aliphatic heterocycles. The van der Waals surface area contributed by atoms with Crippen molar-refractivity contribution in [1.29, 1.82) is 0 Å². The Bertz CT molecular complexity index is 833. The van der Waals surface area contributed by atoms with E-state index in [0.717, 1.165) is 5.39 Å². The van der Waals surface area contributed by atoms with Crippen molar-refractivity contribution in [1.82, 2.24) is 9.97 Å². The topological polar surface area (TPSA) is 52.1 Å². The van der Waals surface area contributed by atoms with E-state index in [2.05, 4.69) is 9.97 Å². The second kappa shape index (κ2) is 6.30. The summed E-state index contributed by atoms with van der Waals surface area (Å²) < 4.78 is 5.27. The van der Waals surface area contributed by atoms with E-state index in [4.69, 9.17) is 27.9 Å². The van der Waals surface area contributed by atoms with Crippen LogP contribution in [0.25, 0.3) is 10.8 Å². The summed E-state index contributed by atoms with van der Waals surface area (Å²) in [6.45, 7) is 2.08. The van der Waals surface area contributed by atoms with Crippen LogP contribution >= 0.6 is 23.2 Å². The van der Waals surface area contributed by atoms with Gasteiger partial charge in [0.2, 0.25) is 0 Å². The highest BCUT2D eigenvalue weighted by Crippen LogP contribution is 2.36. The normalized spacial score (nSPS) is 20.0. The first-order chi connectivity index (χ1) is 11.1. The van der Waals surface area contributed by atoms with Crippen LogP contribution in [0.3, 0.4) is 0 Å². The molecule has 1 aliphatic carbocycles. The number of pyridine rings is 2. The van der Waals surface area contributed by atoms with Crippen LogP contribution in [0.5, 0.6) is 0 Å². The third-order valence-corrected chi connectivity index (χ3v) is 4.29. The Balaban J connectivity index is 2.19. The number of ether oxygens (including phenoxy) is 1. The lowest BCUT2D eigenvalue weighted by Gasteiger charge is -2.28. The third kappa shape index (κ3) is 2.84. The summed E-state index contributed by atoms with van der Waals surface area (Å²) in [6, 6.07) is 3.47. The Morgan fingerprint density at radius 1 is 1.35 bits per heavy atom. The van der Waals surface area contributed by atoms with E-state index in [1.54, 1.807) is 25.3 Å². The molecule has 3 rings (SSSR count).